The summed E-state index contributed by atoms with van der Waals surface area (Å²) in [4.78, 5) is 3.81. The molecule has 4 heteroatoms. The average Bonchev–Trinajstić information content (AvgIpc) is 2.70. The highest BCUT2D eigenvalue weighted by molar-refractivity contribution is 4.88. The van der Waals surface area contributed by atoms with Crippen LogP contribution in [0.1, 0.15) is 32.4 Å². The molecule has 0 saturated heterocycles. The molecule has 4 nitrogen and oxygen atoms in total. The molecule has 0 aromatic carbocycles. The molecule has 0 aliphatic carbocycles. The van der Waals surface area contributed by atoms with Gasteiger partial charge in [-0.25, -0.2) is 4.98 Å². The van der Waals surface area contributed by atoms with Crippen molar-refractivity contribution in [2.24, 2.45) is 0 Å². The van der Waals surface area contributed by atoms with Crippen LogP contribution in [0.2, 0.25) is 0 Å². The maximum absolute atomic E-state index is 9.95. The van der Waals surface area contributed by atoms with Gasteiger partial charge >= 0.3 is 0 Å². The number of aliphatic hydroxyl groups is 1. The fourth-order valence-electron chi connectivity index (χ4n) is 1.25. The summed E-state index contributed by atoms with van der Waals surface area (Å²) < 4.78 is 5.06. The minimum absolute atomic E-state index is 0.584. The van der Waals surface area contributed by atoms with Crippen molar-refractivity contribution in [3.63, 3.8) is 0 Å². The van der Waals surface area contributed by atoms with E-state index in [1.807, 2.05) is 13.8 Å². The summed E-state index contributed by atoms with van der Waals surface area (Å²) in [5.74, 6) is 0.791. The normalized spacial score (nSPS) is 11.9. The number of rotatable bonds is 6. The van der Waals surface area contributed by atoms with Crippen molar-refractivity contribution in [3.05, 3.63) is 18.4 Å². The van der Waals surface area contributed by atoms with Gasteiger partial charge in [0.25, 0.3) is 0 Å². The van der Waals surface area contributed by atoms with Gasteiger partial charge < -0.3 is 14.8 Å². The van der Waals surface area contributed by atoms with E-state index in [1.165, 1.54) is 6.39 Å². The van der Waals surface area contributed by atoms with E-state index in [1.54, 1.807) is 6.20 Å². The van der Waals surface area contributed by atoms with E-state index in [9.17, 15) is 5.11 Å². The van der Waals surface area contributed by atoms with E-state index >= 15 is 0 Å². The zero-order valence-electron chi connectivity index (χ0n) is 8.79. The molecule has 0 radical (unpaired) electrons. The molecule has 0 spiro atoms. The summed E-state index contributed by atoms with van der Waals surface area (Å²) in [7, 11) is 0. The molecule has 0 unspecified atom stereocenters. The van der Waals surface area contributed by atoms with Crippen LogP contribution >= 0.6 is 0 Å². The van der Waals surface area contributed by atoms with E-state index in [4.69, 9.17) is 4.42 Å². The third-order valence-corrected chi connectivity index (χ3v) is 2.55. The summed E-state index contributed by atoms with van der Waals surface area (Å²) >= 11 is 0. The average molecular weight is 198 g/mol. The Labute approximate surface area is 84.3 Å². The van der Waals surface area contributed by atoms with Gasteiger partial charge in [0.15, 0.2) is 6.39 Å². The van der Waals surface area contributed by atoms with Gasteiger partial charge in [-0.1, -0.05) is 13.8 Å². The Morgan fingerprint density at radius 2 is 2.21 bits per heavy atom. The number of nitrogens with one attached hydrogen (secondary N) is 1. The van der Waals surface area contributed by atoms with Crippen molar-refractivity contribution < 1.29 is 9.52 Å². The number of aromatic nitrogens is 1. The Morgan fingerprint density at radius 1 is 1.50 bits per heavy atom. The van der Waals surface area contributed by atoms with Crippen LogP contribution in [0.5, 0.6) is 0 Å². The first-order valence-corrected chi connectivity index (χ1v) is 5.00. The summed E-state index contributed by atoms with van der Waals surface area (Å²) in [5, 5.41) is 13.1. The lowest BCUT2D eigenvalue weighted by molar-refractivity contribution is 0.0319. The smallest absolute Gasteiger partial charge is 0.180 e. The van der Waals surface area contributed by atoms with Crippen LogP contribution < -0.4 is 5.32 Å². The van der Waals surface area contributed by atoms with Gasteiger partial charge in [-0.3, -0.25) is 0 Å². The first kappa shape index (κ1) is 11.2. The topological polar surface area (TPSA) is 58.3 Å². The Hall–Kier alpha value is -0.870. The van der Waals surface area contributed by atoms with Crippen LogP contribution in [0.4, 0.5) is 0 Å². The van der Waals surface area contributed by atoms with Crippen LogP contribution in [0, 0.1) is 0 Å². The van der Waals surface area contributed by atoms with Crippen LogP contribution in [-0.4, -0.2) is 22.2 Å². The lowest BCUT2D eigenvalue weighted by Gasteiger charge is -2.25. The number of hydrogen-bond acceptors (Lipinski definition) is 4. The fourth-order valence-corrected chi connectivity index (χ4v) is 1.25. The second kappa shape index (κ2) is 5.12. The molecule has 80 valence electrons. The van der Waals surface area contributed by atoms with E-state index in [-0.39, 0.29) is 0 Å². The maximum Gasteiger partial charge on any atom is 0.180 e. The van der Waals surface area contributed by atoms with E-state index < -0.39 is 5.60 Å². The Bertz CT molecular complexity index is 243. The molecule has 2 N–H and O–H groups in total. The van der Waals surface area contributed by atoms with Crippen molar-refractivity contribution in [1.29, 1.82) is 0 Å². The molecule has 0 saturated carbocycles. The van der Waals surface area contributed by atoms with Gasteiger partial charge in [-0.05, 0) is 12.8 Å². The molecule has 1 rings (SSSR count). The van der Waals surface area contributed by atoms with Crippen LogP contribution in [-0.2, 0) is 6.54 Å². The second-order valence-corrected chi connectivity index (χ2v) is 3.50. The SMILES string of the molecule is CCC(O)(CC)CNCc1cnco1. The zero-order valence-corrected chi connectivity index (χ0v) is 8.79. The summed E-state index contributed by atoms with van der Waals surface area (Å²) in [6.45, 7) is 5.17. The van der Waals surface area contributed by atoms with E-state index in [0.29, 0.717) is 13.1 Å². The van der Waals surface area contributed by atoms with Gasteiger partial charge in [-0.2, -0.15) is 0 Å². The highest BCUT2D eigenvalue weighted by Gasteiger charge is 2.21. The van der Waals surface area contributed by atoms with Gasteiger partial charge in [-0.15, -0.1) is 0 Å². The predicted octanol–water partition coefficient (Wildman–Crippen LogP) is 1.32. The van der Waals surface area contributed by atoms with Gasteiger partial charge in [0.05, 0.1) is 18.3 Å². The fraction of sp³-hybridized carbons (Fsp3) is 0.700. The van der Waals surface area contributed by atoms with Gasteiger partial charge in [0.1, 0.15) is 5.76 Å². The first-order valence-electron chi connectivity index (χ1n) is 5.00. The van der Waals surface area contributed by atoms with Crippen molar-refractivity contribution in [1.82, 2.24) is 10.3 Å². The molecular weight excluding hydrogens is 180 g/mol. The number of hydrogen-bond donors (Lipinski definition) is 2. The molecule has 1 aromatic heterocycles. The zero-order chi connectivity index (χ0) is 10.4. The van der Waals surface area contributed by atoms with Crippen LogP contribution in [0.3, 0.4) is 0 Å². The Kier molecular flexibility index (Phi) is 4.10. The highest BCUT2D eigenvalue weighted by Crippen LogP contribution is 2.12. The van der Waals surface area contributed by atoms with Crippen molar-refractivity contribution >= 4 is 0 Å². The monoisotopic (exact) mass is 198 g/mol. The minimum Gasteiger partial charge on any atom is -0.447 e. The van der Waals surface area contributed by atoms with E-state index in [0.717, 1.165) is 18.6 Å². The van der Waals surface area contributed by atoms with Crippen molar-refractivity contribution in [2.75, 3.05) is 6.54 Å². The van der Waals surface area contributed by atoms with Gasteiger partial charge in [0.2, 0.25) is 0 Å². The maximum atomic E-state index is 9.95. The molecule has 0 amide bonds. The number of oxazole rings is 1. The minimum atomic E-state index is -0.597. The molecule has 0 aliphatic rings. The molecule has 0 bridgehead atoms. The predicted molar refractivity (Wildman–Crippen MR) is 53.7 cm³/mol. The standard InChI is InChI=1S/C10H18N2O2/c1-3-10(13,4-2)7-11-5-9-6-12-8-14-9/h6,8,11,13H,3-5,7H2,1-2H3. The summed E-state index contributed by atoms with van der Waals surface area (Å²) in [6, 6.07) is 0. The van der Waals surface area contributed by atoms with Crippen molar-refractivity contribution in [3.8, 4) is 0 Å². The molecule has 0 atom stereocenters. The molecule has 14 heavy (non-hydrogen) atoms. The second-order valence-electron chi connectivity index (χ2n) is 3.50. The number of nitrogens with zero attached hydrogens (tertiary/aromatic N) is 1. The molecule has 1 heterocycles. The third-order valence-electron chi connectivity index (χ3n) is 2.55. The highest BCUT2D eigenvalue weighted by atomic mass is 16.3. The Balaban J connectivity index is 2.27. The van der Waals surface area contributed by atoms with Gasteiger partial charge in [0, 0.05) is 6.54 Å². The molecule has 0 fully saturated rings. The molecule has 0 aliphatic heterocycles. The van der Waals surface area contributed by atoms with Crippen LogP contribution in [0.25, 0.3) is 0 Å². The van der Waals surface area contributed by atoms with E-state index in [2.05, 4.69) is 10.3 Å². The summed E-state index contributed by atoms with van der Waals surface area (Å²) in [5.41, 5.74) is -0.597. The third kappa shape index (κ3) is 3.12. The van der Waals surface area contributed by atoms with Crippen molar-refractivity contribution in [2.45, 2.75) is 38.8 Å². The lowest BCUT2D eigenvalue weighted by atomic mass is 9.98. The molecular formula is C10H18N2O2. The Morgan fingerprint density at radius 3 is 2.71 bits per heavy atom. The lowest BCUT2D eigenvalue weighted by Crippen LogP contribution is -2.39. The first-order chi connectivity index (χ1) is 6.70. The summed E-state index contributed by atoms with van der Waals surface area (Å²) in [6.07, 6.45) is 4.59. The quantitative estimate of drug-likeness (QED) is 0.723. The molecule has 1 aromatic rings. The van der Waals surface area contributed by atoms with Crippen LogP contribution in [0.15, 0.2) is 17.0 Å². The largest absolute Gasteiger partial charge is 0.447 e.